The molecule has 2 aromatic carbocycles. The van der Waals surface area contributed by atoms with E-state index in [4.69, 9.17) is 27.9 Å². The third-order valence-corrected chi connectivity index (χ3v) is 4.57. The second kappa shape index (κ2) is 9.09. The van der Waals surface area contributed by atoms with Crippen LogP contribution in [0.5, 0.6) is 5.75 Å². The highest BCUT2D eigenvalue weighted by molar-refractivity contribution is 6.35. The van der Waals surface area contributed by atoms with E-state index in [2.05, 4.69) is 10.2 Å². The minimum absolute atomic E-state index is 0.0653. The number of ether oxygens (including phenoxy) is 1. The number of hydrogen-bond donors (Lipinski definition) is 1. The third kappa shape index (κ3) is 5.63. The van der Waals surface area contributed by atoms with E-state index in [0.717, 1.165) is 16.9 Å². The van der Waals surface area contributed by atoms with E-state index in [9.17, 15) is 4.79 Å². The molecule has 0 bridgehead atoms. The van der Waals surface area contributed by atoms with Gasteiger partial charge in [-0.15, -0.1) is 0 Å². The van der Waals surface area contributed by atoms with Gasteiger partial charge in [-0.05, 0) is 49.5 Å². The Morgan fingerprint density at radius 1 is 1.16 bits per heavy atom. The maximum Gasteiger partial charge on any atom is 0.224 e. The highest BCUT2D eigenvalue weighted by Crippen LogP contribution is 2.22. The second-order valence-electron chi connectivity index (χ2n) is 5.97. The van der Waals surface area contributed by atoms with Crippen LogP contribution in [0, 0.1) is 0 Å². The molecule has 0 saturated carbocycles. The molecule has 1 atom stereocenters. The standard InChI is InChI=1S/C19H22Cl2N2O2/c1-23(2)18(13-5-8-16(25-3)9-6-13)12-22-19(24)10-14-4-7-15(20)11-17(14)21/h4-9,11,18H,10,12H2,1-3H3,(H,22,24). The van der Waals surface area contributed by atoms with E-state index in [1.54, 1.807) is 25.3 Å². The van der Waals surface area contributed by atoms with Crippen LogP contribution in [0.4, 0.5) is 0 Å². The molecule has 2 aromatic rings. The summed E-state index contributed by atoms with van der Waals surface area (Å²) in [5, 5.41) is 4.04. The number of carbonyl (C=O) groups is 1. The van der Waals surface area contributed by atoms with Crippen LogP contribution in [-0.4, -0.2) is 38.6 Å². The van der Waals surface area contributed by atoms with Gasteiger partial charge < -0.3 is 15.0 Å². The summed E-state index contributed by atoms with van der Waals surface area (Å²) in [7, 11) is 5.61. The lowest BCUT2D eigenvalue weighted by Crippen LogP contribution is -2.35. The maximum atomic E-state index is 12.3. The molecule has 0 aromatic heterocycles. The zero-order valence-corrected chi connectivity index (χ0v) is 16.1. The van der Waals surface area contributed by atoms with Gasteiger partial charge in [-0.1, -0.05) is 41.4 Å². The Morgan fingerprint density at radius 2 is 1.84 bits per heavy atom. The number of likely N-dealkylation sites (N-methyl/N-ethyl adjacent to an activating group) is 1. The van der Waals surface area contributed by atoms with E-state index in [1.165, 1.54) is 0 Å². The number of methoxy groups -OCH3 is 1. The lowest BCUT2D eigenvalue weighted by Gasteiger charge is -2.25. The fourth-order valence-corrected chi connectivity index (χ4v) is 3.01. The highest BCUT2D eigenvalue weighted by Gasteiger charge is 2.16. The molecule has 0 saturated heterocycles. The molecule has 0 heterocycles. The van der Waals surface area contributed by atoms with Crippen LogP contribution >= 0.6 is 23.2 Å². The first-order valence-electron chi connectivity index (χ1n) is 7.91. The number of nitrogens with zero attached hydrogens (tertiary/aromatic N) is 1. The molecule has 0 spiro atoms. The number of nitrogens with one attached hydrogen (secondary N) is 1. The van der Waals surface area contributed by atoms with E-state index >= 15 is 0 Å². The Hall–Kier alpha value is -1.75. The zero-order chi connectivity index (χ0) is 18.4. The number of rotatable bonds is 7. The van der Waals surface area contributed by atoms with Crippen LogP contribution < -0.4 is 10.1 Å². The van der Waals surface area contributed by atoms with Crippen LogP contribution in [-0.2, 0) is 11.2 Å². The minimum Gasteiger partial charge on any atom is -0.497 e. The van der Waals surface area contributed by atoms with Crippen LogP contribution in [0.3, 0.4) is 0 Å². The molecule has 0 aliphatic rings. The summed E-state index contributed by atoms with van der Waals surface area (Å²) in [6.07, 6.45) is 0.221. The maximum absolute atomic E-state index is 12.3. The predicted molar refractivity (Wildman–Crippen MR) is 103 cm³/mol. The number of carbonyl (C=O) groups excluding carboxylic acids is 1. The summed E-state index contributed by atoms with van der Waals surface area (Å²) in [6.45, 7) is 0.503. The molecule has 1 N–H and O–H groups in total. The molecular formula is C19H22Cl2N2O2. The molecule has 0 aliphatic carbocycles. The van der Waals surface area contributed by atoms with Crippen LogP contribution in [0.1, 0.15) is 17.2 Å². The molecule has 25 heavy (non-hydrogen) atoms. The molecule has 4 nitrogen and oxygen atoms in total. The fraction of sp³-hybridized carbons (Fsp3) is 0.316. The number of halogens is 2. The van der Waals surface area contributed by atoms with Gasteiger partial charge in [0.25, 0.3) is 0 Å². The van der Waals surface area contributed by atoms with Crippen molar-refractivity contribution in [1.29, 1.82) is 0 Å². The van der Waals surface area contributed by atoms with Crippen molar-refractivity contribution in [1.82, 2.24) is 10.2 Å². The predicted octanol–water partition coefficient (Wildman–Crippen LogP) is 3.96. The number of amides is 1. The van der Waals surface area contributed by atoms with Gasteiger partial charge in [-0.2, -0.15) is 0 Å². The van der Waals surface area contributed by atoms with Gasteiger partial charge in [-0.3, -0.25) is 4.79 Å². The average molecular weight is 381 g/mol. The van der Waals surface area contributed by atoms with Crippen molar-refractivity contribution < 1.29 is 9.53 Å². The summed E-state index contributed by atoms with van der Waals surface area (Å²) in [6, 6.07) is 13.1. The number of hydrogen-bond acceptors (Lipinski definition) is 3. The van der Waals surface area contributed by atoms with E-state index in [0.29, 0.717) is 16.6 Å². The van der Waals surface area contributed by atoms with Gasteiger partial charge in [-0.25, -0.2) is 0 Å². The summed E-state index contributed by atoms with van der Waals surface area (Å²) in [4.78, 5) is 14.3. The lowest BCUT2D eigenvalue weighted by atomic mass is 10.1. The Bertz CT molecular complexity index is 718. The van der Waals surface area contributed by atoms with Crippen molar-refractivity contribution in [3.05, 3.63) is 63.6 Å². The van der Waals surface area contributed by atoms with Gasteiger partial charge in [0.1, 0.15) is 5.75 Å². The summed E-state index contributed by atoms with van der Waals surface area (Å²) in [5.74, 6) is 0.729. The third-order valence-electron chi connectivity index (χ3n) is 3.98. The first-order valence-corrected chi connectivity index (χ1v) is 8.67. The molecule has 134 valence electrons. The second-order valence-corrected chi connectivity index (χ2v) is 6.81. The summed E-state index contributed by atoms with van der Waals surface area (Å²) < 4.78 is 5.19. The van der Waals surface area contributed by atoms with E-state index in [1.807, 2.05) is 38.4 Å². The summed E-state index contributed by atoms with van der Waals surface area (Å²) >= 11 is 12.0. The van der Waals surface area contributed by atoms with Crippen molar-refractivity contribution >= 4 is 29.1 Å². The van der Waals surface area contributed by atoms with Crippen molar-refractivity contribution in [2.75, 3.05) is 27.7 Å². The Morgan fingerprint density at radius 3 is 2.40 bits per heavy atom. The number of benzene rings is 2. The van der Waals surface area contributed by atoms with Gasteiger partial charge in [0.05, 0.1) is 19.6 Å². The quantitative estimate of drug-likeness (QED) is 0.789. The average Bonchev–Trinajstić information content (AvgIpc) is 2.58. The van der Waals surface area contributed by atoms with Crippen molar-refractivity contribution in [3.8, 4) is 5.75 Å². The Labute approximate surface area is 158 Å². The monoisotopic (exact) mass is 380 g/mol. The molecule has 0 radical (unpaired) electrons. The molecular weight excluding hydrogens is 359 g/mol. The zero-order valence-electron chi connectivity index (χ0n) is 14.6. The normalized spacial score (nSPS) is 12.1. The molecule has 0 fully saturated rings. The van der Waals surface area contributed by atoms with Crippen molar-refractivity contribution in [2.45, 2.75) is 12.5 Å². The molecule has 6 heteroatoms. The first kappa shape index (κ1) is 19.6. The molecule has 2 rings (SSSR count). The van der Waals surface area contributed by atoms with Crippen molar-refractivity contribution in [3.63, 3.8) is 0 Å². The molecule has 0 aliphatic heterocycles. The topological polar surface area (TPSA) is 41.6 Å². The highest BCUT2D eigenvalue weighted by atomic mass is 35.5. The minimum atomic E-state index is -0.0791. The van der Waals surface area contributed by atoms with Gasteiger partial charge >= 0.3 is 0 Å². The van der Waals surface area contributed by atoms with E-state index < -0.39 is 0 Å². The van der Waals surface area contributed by atoms with Crippen molar-refractivity contribution in [2.24, 2.45) is 0 Å². The van der Waals surface area contributed by atoms with Gasteiger partial charge in [0.2, 0.25) is 5.91 Å². The fourth-order valence-electron chi connectivity index (χ4n) is 2.54. The van der Waals surface area contributed by atoms with Gasteiger partial charge in [0, 0.05) is 16.6 Å². The SMILES string of the molecule is COc1ccc(C(CNC(=O)Cc2ccc(Cl)cc2Cl)N(C)C)cc1. The van der Waals surface area contributed by atoms with Crippen LogP contribution in [0.25, 0.3) is 0 Å². The summed E-state index contributed by atoms with van der Waals surface area (Å²) in [5.41, 5.74) is 1.87. The Balaban J connectivity index is 1.99. The smallest absolute Gasteiger partial charge is 0.224 e. The van der Waals surface area contributed by atoms with Crippen LogP contribution in [0.15, 0.2) is 42.5 Å². The molecule has 1 unspecified atom stereocenters. The lowest BCUT2D eigenvalue weighted by molar-refractivity contribution is -0.120. The van der Waals surface area contributed by atoms with E-state index in [-0.39, 0.29) is 18.4 Å². The largest absolute Gasteiger partial charge is 0.497 e. The van der Waals surface area contributed by atoms with Crippen LogP contribution in [0.2, 0.25) is 10.0 Å². The Kier molecular flexibility index (Phi) is 7.12. The molecule has 1 amide bonds. The van der Waals surface area contributed by atoms with Gasteiger partial charge in [0.15, 0.2) is 0 Å². The first-order chi connectivity index (χ1) is 11.9.